The second kappa shape index (κ2) is 3.22. The normalized spacial score (nSPS) is 12.7. The van der Waals surface area contributed by atoms with Crippen molar-refractivity contribution in [3.8, 4) is 0 Å². The quantitative estimate of drug-likeness (QED) is 0.330. The van der Waals surface area contributed by atoms with Gasteiger partial charge in [-0.1, -0.05) is 12.2 Å². The zero-order valence-electron chi connectivity index (χ0n) is 5.76. The Kier molecular flexibility index (Phi) is 2.91. The van der Waals surface area contributed by atoms with Gasteiger partial charge in [0, 0.05) is 18.3 Å². The molecule has 0 aliphatic heterocycles. The lowest BCUT2D eigenvalue weighted by Crippen LogP contribution is -2.14. The van der Waals surface area contributed by atoms with Crippen molar-refractivity contribution in [1.82, 2.24) is 0 Å². The van der Waals surface area contributed by atoms with E-state index < -0.39 is 6.04 Å². The van der Waals surface area contributed by atoms with Crippen LogP contribution in [0.3, 0.4) is 0 Å². The maximum absolute atomic E-state index is 10.00. The lowest BCUT2D eigenvalue weighted by atomic mass is 10.1. The summed E-state index contributed by atoms with van der Waals surface area (Å²) in [6.07, 6.45) is 0.479. The van der Waals surface area contributed by atoms with Crippen molar-refractivity contribution in [2.75, 3.05) is 0 Å². The lowest BCUT2D eigenvalue weighted by molar-refractivity contribution is -0.517. The fourth-order valence-electron chi connectivity index (χ4n) is 0.579. The fourth-order valence-corrected chi connectivity index (χ4v) is 0.579. The van der Waals surface area contributed by atoms with Crippen LogP contribution < -0.4 is 0 Å². The van der Waals surface area contributed by atoms with Crippen molar-refractivity contribution in [2.45, 2.75) is 26.3 Å². The van der Waals surface area contributed by atoms with Gasteiger partial charge in [0.25, 0.3) is 0 Å². The van der Waals surface area contributed by atoms with E-state index in [1.807, 2.05) is 0 Å². The first-order valence-corrected chi connectivity index (χ1v) is 2.82. The second-order valence-electron chi connectivity index (χ2n) is 2.30. The average Bonchev–Trinajstić information content (AvgIpc) is 1.63. The third-order valence-corrected chi connectivity index (χ3v) is 1.00. The highest BCUT2D eigenvalue weighted by Crippen LogP contribution is 2.02. The molecule has 0 fully saturated rings. The van der Waals surface area contributed by atoms with Gasteiger partial charge in [-0.2, -0.15) is 0 Å². The number of hydrogen-bond donors (Lipinski definition) is 0. The Hall–Kier alpha value is -0.860. The summed E-state index contributed by atoms with van der Waals surface area (Å²) in [5.74, 6) is 0. The Morgan fingerprint density at radius 2 is 2.33 bits per heavy atom. The van der Waals surface area contributed by atoms with E-state index >= 15 is 0 Å². The Bertz CT molecular complexity index is 131. The van der Waals surface area contributed by atoms with Gasteiger partial charge in [0.2, 0.25) is 6.04 Å². The standard InChI is InChI=1S/C6H11NO2/c1-5(2)4-6(3)7(8)9/h6H,1,4H2,2-3H3. The molecule has 0 N–H and O–H groups in total. The van der Waals surface area contributed by atoms with Gasteiger partial charge in [0.1, 0.15) is 0 Å². The van der Waals surface area contributed by atoms with Crippen molar-refractivity contribution in [1.29, 1.82) is 0 Å². The van der Waals surface area contributed by atoms with Gasteiger partial charge in [0.15, 0.2) is 0 Å². The lowest BCUT2D eigenvalue weighted by Gasteiger charge is -2.00. The summed E-state index contributed by atoms with van der Waals surface area (Å²) in [6.45, 7) is 6.94. The van der Waals surface area contributed by atoms with Crippen LogP contribution >= 0.6 is 0 Å². The predicted molar refractivity (Wildman–Crippen MR) is 35.9 cm³/mol. The van der Waals surface area contributed by atoms with Crippen LogP contribution in [0.5, 0.6) is 0 Å². The molecule has 0 rings (SSSR count). The van der Waals surface area contributed by atoms with Crippen LogP contribution in [0.15, 0.2) is 12.2 Å². The Balaban J connectivity index is 3.63. The van der Waals surface area contributed by atoms with Crippen LogP contribution in [-0.2, 0) is 0 Å². The molecule has 0 radical (unpaired) electrons. The molecule has 0 aliphatic rings. The molecule has 1 unspecified atom stereocenters. The number of nitro groups is 1. The van der Waals surface area contributed by atoms with Crippen LogP contribution in [0.25, 0.3) is 0 Å². The maximum Gasteiger partial charge on any atom is 0.214 e. The highest BCUT2D eigenvalue weighted by atomic mass is 16.6. The summed E-state index contributed by atoms with van der Waals surface area (Å²) in [5, 5.41) is 10.00. The third-order valence-electron chi connectivity index (χ3n) is 1.00. The Labute approximate surface area is 54.5 Å². The van der Waals surface area contributed by atoms with Crippen LogP contribution in [0.1, 0.15) is 20.3 Å². The summed E-state index contributed by atoms with van der Waals surface area (Å²) in [6, 6.07) is -0.484. The maximum atomic E-state index is 10.00. The minimum absolute atomic E-state index is 0.297. The van der Waals surface area contributed by atoms with Crippen molar-refractivity contribution < 1.29 is 4.92 Å². The smallest absolute Gasteiger partial charge is 0.214 e. The molecule has 0 aromatic rings. The van der Waals surface area contributed by atoms with E-state index in [0.29, 0.717) is 6.42 Å². The van der Waals surface area contributed by atoms with Gasteiger partial charge >= 0.3 is 0 Å². The first-order valence-electron chi connectivity index (χ1n) is 2.82. The molecule has 0 spiro atoms. The zero-order chi connectivity index (χ0) is 7.44. The molecule has 0 amide bonds. The summed E-state index contributed by atoms with van der Waals surface area (Å²) >= 11 is 0. The van der Waals surface area contributed by atoms with E-state index in [2.05, 4.69) is 6.58 Å². The van der Waals surface area contributed by atoms with Crippen molar-refractivity contribution in [3.05, 3.63) is 22.3 Å². The molecule has 0 aromatic heterocycles. The van der Waals surface area contributed by atoms with Gasteiger partial charge in [-0.3, -0.25) is 10.1 Å². The van der Waals surface area contributed by atoms with Crippen molar-refractivity contribution in [2.24, 2.45) is 0 Å². The monoisotopic (exact) mass is 129 g/mol. The molecule has 9 heavy (non-hydrogen) atoms. The molecule has 0 saturated heterocycles. The number of hydrogen-bond acceptors (Lipinski definition) is 2. The largest absolute Gasteiger partial charge is 0.264 e. The van der Waals surface area contributed by atoms with Crippen LogP contribution in [0, 0.1) is 10.1 Å². The number of nitrogens with zero attached hydrogens (tertiary/aromatic N) is 1. The molecule has 0 bridgehead atoms. The Morgan fingerprint density at radius 3 is 2.44 bits per heavy atom. The number of rotatable bonds is 3. The third kappa shape index (κ3) is 3.70. The van der Waals surface area contributed by atoms with Gasteiger partial charge in [-0.15, -0.1) is 0 Å². The second-order valence-corrected chi connectivity index (χ2v) is 2.30. The van der Waals surface area contributed by atoms with E-state index in [9.17, 15) is 10.1 Å². The summed E-state index contributed by atoms with van der Waals surface area (Å²) in [5.41, 5.74) is 0.860. The minimum Gasteiger partial charge on any atom is -0.264 e. The summed E-state index contributed by atoms with van der Waals surface area (Å²) < 4.78 is 0. The highest BCUT2D eigenvalue weighted by Gasteiger charge is 2.11. The Morgan fingerprint density at radius 1 is 1.89 bits per heavy atom. The topological polar surface area (TPSA) is 43.1 Å². The summed E-state index contributed by atoms with van der Waals surface area (Å²) in [7, 11) is 0. The predicted octanol–water partition coefficient (Wildman–Crippen LogP) is 1.62. The fraction of sp³-hybridized carbons (Fsp3) is 0.667. The molecular formula is C6H11NO2. The molecule has 3 heteroatoms. The average molecular weight is 129 g/mol. The molecule has 52 valence electrons. The van der Waals surface area contributed by atoms with Crippen molar-refractivity contribution in [3.63, 3.8) is 0 Å². The molecule has 0 heterocycles. The molecule has 0 aliphatic carbocycles. The molecule has 0 saturated carbocycles. The van der Waals surface area contributed by atoms with E-state index in [0.717, 1.165) is 5.57 Å². The van der Waals surface area contributed by atoms with Gasteiger partial charge < -0.3 is 0 Å². The van der Waals surface area contributed by atoms with E-state index in [-0.39, 0.29) is 4.92 Å². The molecule has 0 aromatic carbocycles. The van der Waals surface area contributed by atoms with E-state index in [1.54, 1.807) is 13.8 Å². The first kappa shape index (κ1) is 8.14. The molecule has 1 atom stereocenters. The highest BCUT2D eigenvalue weighted by molar-refractivity contribution is 4.89. The van der Waals surface area contributed by atoms with Crippen LogP contribution in [0.4, 0.5) is 0 Å². The van der Waals surface area contributed by atoms with Gasteiger partial charge in [-0.25, -0.2) is 0 Å². The molecule has 3 nitrogen and oxygen atoms in total. The SMILES string of the molecule is C=C(C)CC(C)[N+](=O)[O-]. The van der Waals surface area contributed by atoms with Crippen LogP contribution in [0.2, 0.25) is 0 Å². The van der Waals surface area contributed by atoms with Gasteiger partial charge in [-0.05, 0) is 6.92 Å². The minimum atomic E-state index is -0.484. The van der Waals surface area contributed by atoms with Crippen molar-refractivity contribution >= 4 is 0 Å². The van der Waals surface area contributed by atoms with Gasteiger partial charge in [0.05, 0.1) is 0 Å². The summed E-state index contributed by atoms with van der Waals surface area (Å²) in [4.78, 5) is 9.70. The van der Waals surface area contributed by atoms with E-state index in [4.69, 9.17) is 0 Å². The zero-order valence-corrected chi connectivity index (χ0v) is 5.76. The van der Waals surface area contributed by atoms with Crippen LogP contribution in [-0.4, -0.2) is 11.0 Å². The first-order chi connectivity index (χ1) is 4.04. The molecular weight excluding hydrogens is 118 g/mol. The van der Waals surface area contributed by atoms with E-state index in [1.165, 1.54) is 0 Å².